The number of carbonyl (C=O) groups is 1. The van der Waals surface area contributed by atoms with E-state index in [0.29, 0.717) is 11.5 Å². The normalized spacial score (nSPS) is 19.8. The van der Waals surface area contributed by atoms with Gasteiger partial charge in [0.25, 0.3) is 5.91 Å². The number of benzene rings is 1. The summed E-state index contributed by atoms with van der Waals surface area (Å²) in [6.45, 7) is 14.6. The van der Waals surface area contributed by atoms with Gasteiger partial charge in [0.1, 0.15) is 0 Å². The monoisotopic (exact) mass is 324 g/mol. The average Bonchev–Trinajstić information content (AvgIpc) is 2.52. The van der Waals surface area contributed by atoms with Gasteiger partial charge >= 0.3 is 0 Å². The summed E-state index contributed by atoms with van der Waals surface area (Å²) in [7, 11) is 0. The predicted molar refractivity (Wildman–Crippen MR) is 101 cm³/mol. The molecule has 1 N–H and O–H groups in total. The Bertz CT molecular complexity index is 688. The molecule has 0 radical (unpaired) electrons. The van der Waals surface area contributed by atoms with Gasteiger partial charge in [-0.15, -0.1) is 0 Å². The molecule has 0 aliphatic heterocycles. The fourth-order valence-corrected chi connectivity index (χ4v) is 2.73. The van der Waals surface area contributed by atoms with Crippen molar-refractivity contribution in [3.8, 4) is 0 Å². The maximum Gasteiger partial charge on any atom is 0.271 e. The summed E-state index contributed by atoms with van der Waals surface area (Å²) in [5.41, 5.74) is 7.85. The largest absolute Gasteiger partial charge is 0.271 e. The van der Waals surface area contributed by atoms with Crippen LogP contribution >= 0.6 is 0 Å². The van der Waals surface area contributed by atoms with Crippen LogP contribution in [-0.4, -0.2) is 11.6 Å². The molecule has 3 heteroatoms. The summed E-state index contributed by atoms with van der Waals surface area (Å²) in [5, 5.41) is 4.35. The predicted octanol–water partition coefficient (Wildman–Crippen LogP) is 5.00. The minimum atomic E-state index is -0.173. The summed E-state index contributed by atoms with van der Waals surface area (Å²) in [6, 6.07) is 7.72. The van der Waals surface area contributed by atoms with Gasteiger partial charge in [0, 0.05) is 5.56 Å². The van der Waals surface area contributed by atoms with E-state index < -0.39 is 0 Å². The van der Waals surface area contributed by atoms with Crippen molar-refractivity contribution in [2.75, 3.05) is 0 Å². The molecular weight excluding hydrogens is 296 g/mol. The number of nitrogens with one attached hydrogen (secondary N) is 1. The van der Waals surface area contributed by atoms with E-state index in [-0.39, 0.29) is 11.3 Å². The molecule has 0 saturated heterocycles. The number of hydrogen-bond acceptors (Lipinski definition) is 2. The van der Waals surface area contributed by atoms with Gasteiger partial charge in [-0.1, -0.05) is 51.1 Å². The lowest BCUT2D eigenvalue weighted by molar-refractivity contribution is 0.0954. The number of amides is 1. The third-order valence-corrected chi connectivity index (χ3v) is 4.61. The second kappa shape index (κ2) is 7.16. The van der Waals surface area contributed by atoms with E-state index in [2.05, 4.69) is 44.0 Å². The zero-order valence-electron chi connectivity index (χ0n) is 15.4. The molecule has 0 heterocycles. The molecule has 0 spiro atoms. The molecule has 1 amide bonds. The van der Waals surface area contributed by atoms with Gasteiger partial charge in [0.05, 0.1) is 5.71 Å². The molecule has 1 aromatic rings. The van der Waals surface area contributed by atoms with E-state index in [0.717, 1.165) is 29.7 Å². The molecule has 24 heavy (non-hydrogen) atoms. The fourth-order valence-electron chi connectivity index (χ4n) is 2.73. The van der Waals surface area contributed by atoms with Crippen LogP contribution in [-0.2, 0) is 5.41 Å². The van der Waals surface area contributed by atoms with Gasteiger partial charge in [-0.2, -0.15) is 5.10 Å². The zero-order valence-corrected chi connectivity index (χ0v) is 15.4. The molecule has 128 valence electrons. The zero-order chi connectivity index (χ0) is 17.9. The van der Waals surface area contributed by atoms with Crippen molar-refractivity contribution in [1.82, 2.24) is 5.43 Å². The highest BCUT2D eigenvalue weighted by Crippen LogP contribution is 2.26. The van der Waals surface area contributed by atoms with E-state index in [4.69, 9.17) is 0 Å². The maximum atomic E-state index is 12.3. The fraction of sp³-hybridized carbons (Fsp3) is 0.429. The van der Waals surface area contributed by atoms with E-state index in [1.54, 1.807) is 0 Å². The highest BCUT2D eigenvalue weighted by molar-refractivity contribution is 6.02. The molecule has 2 rings (SSSR count). The van der Waals surface area contributed by atoms with E-state index in [1.165, 1.54) is 5.56 Å². The number of hydrazone groups is 1. The van der Waals surface area contributed by atoms with Crippen LogP contribution in [0.25, 0.3) is 0 Å². The lowest BCUT2D eigenvalue weighted by Gasteiger charge is -2.22. The van der Waals surface area contributed by atoms with Crippen LogP contribution in [0, 0.1) is 5.92 Å². The van der Waals surface area contributed by atoms with Crippen LogP contribution < -0.4 is 5.43 Å². The first-order valence-electron chi connectivity index (χ1n) is 8.48. The number of hydrogen-bond donors (Lipinski definition) is 1. The number of nitrogens with zero attached hydrogens (tertiary/aromatic N) is 1. The summed E-state index contributed by atoms with van der Waals surface area (Å²) in [4.78, 5) is 12.3. The Labute approximate surface area is 145 Å². The average molecular weight is 324 g/mol. The van der Waals surface area contributed by atoms with E-state index >= 15 is 0 Å². The second-order valence-electron chi connectivity index (χ2n) is 7.70. The van der Waals surface area contributed by atoms with Gasteiger partial charge in [-0.05, 0) is 61.3 Å². The molecule has 0 bridgehead atoms. The Balaban J connectivity index is 2.08. The van der Waals surface area contributed by atoms with Crippen molar-refractivity contribution in [2.45, 2.75) is 52.9 Å². The van der Waals surface area contributed by atoms with Gasteiger partial charge in [-0.25, -0.2) is 5.43 Å². The van der Waals surface area contributed by atoms with Crippen molar-refractivity contribution in [3.63, 3.8) is 0 Å². The molecule has 1 aliphatic carbocycles. The smallest absolute Gasteiger partial charge is 0.267 e. The molecule has 0 fully saturated rings. The number of rotatable bonds is 3. The van der Waals surface area contributed by atoms with Crippen molar-refractivity contribution in [3.05, 3.63) is 59.2 Å². The van der Waals surface area contributed by atoms with Crippen LogP contribution in [0.5, 0.6) is 0 Å². The summed E-state index contributed by atoms with van der Waals surface area (Å²) < 4.78 is 0. The van der Waals surface area contributed by atoms with Crippen LogP contribution in [0.15, 0.2) is 53.2 Å². The summed E-state index contributed by atoms with van der Waals surface area (Å²) >= 11 is 0. The molecular formula is C21H28N2O. The Hall–Kier alpha value is -2.16. The summed E-state index contributed by atoms with van der Waals surface area (Å²) in [5.74, 6) is 0.239. The molecule has 0 aromatic heterocycles. The molecule has 1 unspecified atom stereocenters. The third-order valence-electron chi connectivity index (χ3n) is 4.61. The molecule has 3 nitrogen and oxygen atoms in total. The lowest BCUT2D eigenvalue weighted by atomic mass is 9.85. The topological polar surface area (TPSA) is 41.5 Å². The quantitative estimate of drug-likeness (QED) is 0.617. The van der Waals surface area contributed by atoms with Gasteiger partial charge in [0.2, 0.25) is 0 Å². The van der Waals surface area contributed by atoms with E-state index in [9.17, 15) is 4.79 Å². The summed E-state index contributed by atoms with van der Waals surface area (Å²) in [6.07, 6.45) is 4.01. The highest BCUT2D eigenvalue weighted by atomic mass is 16.2. The highest BCUT2D eigenvalue weighted by Gasteiger charge is 2.19. The second-order valence-corrected chi connectivity index (χ2v) is 7.70. The first-order chi connectivity index (χ1) is 11.2. The minimum Gasteiger partial charge on any atom is -0.267 e. The first-order valence-corrected chi connectivity index (χ1v) is 8.48. The van der Waals surface area contributed by atoms with Crippen molar-refractivity contribution >= 4 is 11.6 Å². The van der Waals surface area contributed by atoms with E-state index in [1.807, 2.05) is 38.1 Å². The Morgan fingerprint density at radius 3 is 2.42 bits per heavy atom. The molecule has 1 aliphatic rings. The lowest BCUT2D eigenvalue weighted by Crippen LogP contribution is -2.23. The van der Waals surface area contributed by atoms with Crippen LogP contribution in [0.1, 0.15) is 63.4 Å². The SMILES string of the molecule is C=C(C)C1CC=C(C)C(=NNC(=O)c2ccc(C(C)(C)C)cc2)C1. The van der Waals surface area contributed by atoms with Gasteiger partial charge < -0.3 is 0 Å². The van der Waals surface area contributed by atoms with Crippen LogP contribution in [0.3, 0.4) is 0 Å². The van der Waals surface area contributed by atoms with Crippen LogP contribution in [0.4, 0.5) is 0 Å². The van der Waals surface area contributed by atoms with Crippen molar-refractivity contribution < 1.29 is 4.79 Å². The third kappa shape index (κ3) is 4.44. The standard InChI is InChI=1S/C21H28N2O/c1-14(2)17-8-7-15(3)19(13-17)22-23-20(24)16-9-11-18(12-10-16)21(4,5)6/h7,9-12,17H,1,8,13H2,2-6H3,(H,23,24). The number of carbonyl (C=O) groups excluding carboxylic acids is 1. The minimum absolute atomic E-state index is 0.0802. The Morgan fingerprint density at radius 2 is 1.88 bits per heavy atom. The molecule has 1 aromatic carbocycles. The number of allylic oxidation sites excluding steroid dienone is 3. The van der Waals surface area contributed by atoms with Crippen molar-refractivity contribution in [1.29, 1.82) is 0 Å². The first kappa shape index (κ1) is 18.2. The van der Waals surface area contributed by atoms with Crippen LogP contribution in [0.2, 0.25) is 0 Å². The van der Waals surface area contributed by atoms with Gasteiger partial charge in [-0.3, -0.25) is 4.79 Å². The molecule has 0 saturated carbocycles. The Kier molecular flexibility index (Phi) is 5.43. The van der Waals surface area contributed by atoms with Gasteiger partial charge in [0.15, 0.2) is 0 Å². The van der Waals surface area contributed by atoms with Crippen molar-refractivity contribution in [2.24, 2.45) is 11.0 Å². The maximum absolute atomic E-state index is 12.3. The Morgan fingerprint density at radius 1 is 1.25 bits per heavy atom. The molecule has 1 atom stereocenters.